The Morgan fingerprint density at radius 3 is 2.30 bits per heavy atom. The molecule has 0 saturated heterocycles. The third-order valence-electron chi connectivity index (χ3n) is 3.60. The Morgan fingerprint density at radius 1 is 0.826 bits per heavy atom. The van der Waals surface area contributed by atoms with Gasteiger partial charge in [0.2, 0.25) is 0 Å². The average Bonchev–Trinajstić information content (AvgIpc) is 2.55. The molecule has 0 aliphatic carbocycles. The minimum absolute atomic E-state index is 0.540. The molecule has 0 aliphatic rings. The topological polar surface area (TPSA) is 37.8 Å². The fourth-order valence-electron chi connectivity index (χ4n) is 2.49. The Kier molecular flexibility index (Phi) is 3.52. The third-order valence-corrected chi connectivity index (χ3v) is 4.15. The fourth-order valence-corrected chi connectivity index (χ4v) is 2.94. The van der Waals surface area contributed by atoms with Crippen LogP contribution in [0.4, 0.5) is 11.5 Å². The molecule has 0 radical (unpaired) electrons. The van der Waals surface area contributed by atoms with Gasteiger partial charge in [0.25, 0.3) is 0 Å². The maximum Gasteiger partial charge on any atom is 0.149 e. The molecule has 0 unspecified atom stereocenters. The lowest BCUT2D eigenvalue weighted by Crippen LogP contribution is -1.96. The number of nitrogens with zero attached hydrogens (tertiary/aromatic N) is 2. The van der Waals surface area contributed by atoms with Crippen molar-refractivity contribution >= 4 is 56.5 Å². The second-order valence-electron chi connectivity index (χ2n) is 5.19. The molecule has 1 N–H and O–H groups in total. The number of aromatic nitrogens is 2. The van der Waals surface area contributed by atoms with Crippen LogP contribution < -0.4 is 5.32 Å². The molecule has 0 aliphatic heterocycles. The molecule has 0 atom stereocenters. The molecule has 0 bridgehead atoms. The largest absolute Gasteiger partial charge is 0.338 e. The zero-order valence-corrected chi connectivity index (χ0v) is 13.4. The van der Waals surface area contributed by atoms with E-state index in [0.29, 0.717) is 15.9 Å². The number of nitrogens with one attached hydrogen (secondary N) is 1. The van der Waals surface area contributed by atoms with Crippen LogP contribution in [0.3, 0.4) is 0 Å². The number of benzene rings is 3. The zero-order valence-electron chi connectivity index (χ0n) is 11.9. The first-order valence-corrected chi connectivity index (χ1v) is 7.82. The molecular formula is C18H11Cl2N3. The van der Waals surface area contributed by atoms with E-state index in [9.17, 15) is 0 Å². The number of hydrogen-bond acceptors (Lipinski definition) is 3. The van der Waals surface area contributed by atoms with Crippen LogP contribution in [-0.4, -0.2) is 9.97 Å². The van der Waals surface area contributed by atoms with Crippen molar-refractivity contribution in [3.05, 3.63) is 70.8 Å². The summed E-state index contributed by atoms with van der Waals surface area (Å²) >= 11 is 12.1. The lowest BCUT2D eigenvalue weighted by Gasteiger charge is -2.09. The average molecular weight is 340 g/mol. The Balaban J connectivity index is 1.77. The van der Waals surface area contributed by atoms with Gasteiger partial charge in [0, 0.05) is 5.02 Å². The van der Waals surface area contributed by atoms with Crippen LogP contribution in [0.25, 0.3) is 21.8 Å². The Labute approximate surface area is 142 Å². The smallest absolute Gasteiger partial charge is 0.149 e. The molecule has 0 amide bonds. The molecule has 3 aromatic carbocycles. The van der Waals surface area contributed by atoms with Crippen LogP contribution in [0.5, 0.6) is 0 Å². The first-order chi connectivity index (χ1) is 11.2. The van der Waals surface area contributed by atoms with Gasteiger partial charge in [-0.05, 0) is 41.1 Å². The van der Waals surface area contributed by atoms with Gasteiger partial charge in [-0.1, -0.05) is 47.5 Å². The Bertz CT molecular complexity index is 1030. The second kappa shape index (κ2) is 5.69. The fraction of sp³-hybridized carbons (Fsp3) is 0. The Hall–Kier alpha value is -2.36. The van der Waals surface area contributed by atoms with Crippen molar-refractivity contribution in [3.63, 3.8) is 0 Å². The lowest BCUT2D eigenvalue weighted by atomic mass is 10.1. The van der Waals surface area contributed by atoms with Gasteiger partial charge in [0.15, 0.2) is 0 Å². The minimum Gasteiger partial charge on any atom is -0.338 e. The van der Waals surface area contributed by atoms with Crippen molar-refractivity contribution in [1.29, 1.82) is 0 Å². The van der Waals surface area contributed by atoms with E-state index in [4.69, 9.17) is 23.2 Å². The first-order valence-electron chi connectivity index (χ1n) is 7.07. The van der Waals surface area contributed by atoms with Gasteiger partial charge in [-0.25, -0.2) is 4.98 Å². The van der Waals surface area contributed by atoms with Crippen LogP contribution in [0.2, 0.25) is 10.0 Å². The van der Waals surface area contributed by atoms with Gasteiger partial charge < -0.3 is 5.32 Å². The van der Waals surface area contributed by atoms with Crippen LogP contribution in [-0.2, 0) is 0 Å². The standard InChI is InChI=1S/C18H11Cl2N3/c19-13-5-6-15(14(20)9-13)22-18-10-21-16-7-11-3-1-2-4-12(11)8-17(16)23-18/h1-10H,(H,22,23). The quantitative estimate of drug-likeness (QED) is 0.466. The monoisotopic (exact) mass is 339 g/mol. The van der Waals surface area contributed by atoms with Gasteiger partial charge >= 0.3 is 0 Å². The summed E-state index contributed by atoms with van der Waals surface area (Å²) < 4.78 is 0. The summed E-state index contributed by atoms with van der Waals surface area (Å²) in [7, 11) is 0. The van der Waals surface area contributed by atoms with E-state index < -0.39 is 0 Å². The van der Waals surface area contributed by atoms with Gasteiger partial charge in [-0.3, -0.25) is 4.98 Å². The van der Waals surface area contributed by atoms with E-state index in [2.05, 4.69) is 27.4 Å². The highest BCUT2D eigenvalue weighted by Crippen LogP contribution is 2.28. The minimum atomic E-state index is 0.540. The van der Waals surface area contributed by atoms with Gasteiger partial charge in [-0.2, -0.15) is 0 Å². The van der Waals surface area contributed by atoms with Crippen molar-refractivity contribution in [1.82, 2.24) is 9.97 Å². The normalized spacial score (nSPS) is 11.0. The number of fused-ring (bicyclic) bond motifs is 2. The van der Waals surface area contributed by atoms with Crippen molar-refractivity contribution in [2.24, 2.45) is 0 Å². The van der Waals surface area contributed by atoms with Gasteiger partial charge in [0.1, 0.15) is 5.82 Å². The first kappa shape index (κ1) is 14.2. The number of hydrogen-bond donors (Lipinski definition) is 1. The number of rotatable bonds is 2. The van der Waals surface area contributed by atoms with Crippen molar-refractivity contribution in [2.45, 2.75) is 0 Å². The summed E-state index contributed by atoms with van der Waals surface area (Å²) in [6.07, 6.45) is 1.70. The molecule has 1 heterocycles. The summed E-state index contributed by atoms with van der Waals surface area (Å²) in [6.45, 7) is 0. The molecule has 1 aromatic heterocycles. The number of anilines is 2. The molecule has 5 heteroatoms. The van der Waals surface area contributed by atoms with Crippen molar-refractivity contribution < 1.29 is 0 Å². The molecular weight excluding hydrogens is 329 g/mol. The molecule has 0 spiro atoms. The maximum absolute atomic E-state index is 6.18. The van der Waals surface area contributed by atoms with Gasteiger partial charge in [-0.15, -0.1) is 0 Å². The zero-order chi connectivity index (χ0) is 15.8. The van der Waals surface area contributed by atoms with Crippen molar-refractivity contribution in [2.75, 3.05) is 5.32 Å². The molecule has 0 fully saturated rings. The van der Waals surface area contributed by atoms with E-state index in [1.54, 1.807) is 18.3 Å². The molecule has 4 rings (SSSR count). The highest BCUT2D eigenvalue weighted by Gasteiger charge is 2.05. The van der Waals surface area contributed by atoms with Crippen LogP contribution in [0, 0.1) is 0 Å². The highest BCUT2D eigenvalue weighted by atomic mass is 35.5. The van der Waals surface area contributed by atoms with E-state index in [1.807, 2.05) is 30.3 Å². The molecule has 3 nitrogen and oxygen atoms in total. The Morgan fingerprint density at radius 2 is 1.57 bits per heavy atom. The summed E-state index contributed by atoms with van der Waals surface area (Å²) in [5.74, 6) is 0.636. The maximum atomic E-state index is 6.18. The predicted octanol–water partition coefficient (Wildman–Crippen LogP) is 5.83. The highest BCUT2D eigenvalue weighted by molar-refractivity contribution is 6.36. The van der Waals surface area contributed by atoms with E-state index >= 15 is 0 Å². The van der Waals surface area contributed by atoms with Gasteiger partial charge in [0.05, 0.1) is 27.9 Å². The van der Waals surface area contributed by atoms with Crippen LogP contribution >= 0.6 is 23.2 Å². The van der Waals surface area contributed by atoms with Crippen LogP contribution in [0.1, 0.15) is 0 Å². The second-order valence-corrected chi connectivity index (χ2v) is 6.04. The summed E-state index contributed by atoms with van der Waals surface area (Å²) in [4.78, 5) is 9.10. The summed E-state index contributed by atoms with van der Waals surface area (Å²) in [5.41, 5.74) is 2.43. The molecule has 4 aromatic rings. The number of halogens is 2. The van der Waals surface area contributed by atoms with Crippen molar-refractivity contribution in [3.8, 4) is 0 Å². The predicted molar refractivity (Wildman–Crippen MR) is 96.8 cm³/mol. The lowest BCUT2D eigenvalue weighted by molar-refractivity contribution is 1.28. The third kappa shape index (κ3) is 2.81. The molecule has 0 saturated carbocycles. The summed E-state index contributed by atoms with van der Waals surface area (Å²) in [5, 5.41) is 6.59. The summed E-state index contributed by atoms with van der Waals surface area (Å²) in [6, 6.07) is 17.5. The van der Waals surface area contributed by atoms with E-state index in [1.165, 1.54) is 0 Å². The van der Waals surface area contributed by atoms with E-state index in [-0.39, 0.29) is 0 Å². The molecule has 23 heavy (non-hydrogen) atoms. The van der Waals surface area contributed by atoms with Crippen LogP contribution in [0.15, 0.2) is 60.8 Å². The SMILES string of the molecule is Clc1ccc(Nc2cnc3cc4ccccc4cc3n2)c(Cl)c1. The molecule has 112 valence electrons. The van der Waals surface area contributed by atoms with E-state index in [0.717, 1.165) is 27.5 Å².